The summed E-state index contributed by atoms with van der Waals surface area (Å²) in [5.74, 6) is 12.3. The number of allylic oxidation sites excluding steroid dienone is 1. The van der Waals surface area contributed by atoms with Crippen LogP contribution in [-0.4, -0.2) is 6.18 Å². The van der Waals surface area contributed by atoms with E-state index >= 15 is 0 Å². The van der Waals surface area contributed by atoms with E-state index in [1.54, 1.807) is 6.07 Å². The van der Waals surface area contributed by atoms with Crippen molar-refractivity contribution in [3.63, 3.8) is 0 Å². The molecule has 3 aromatic rings. The first-order valence-corrected chi connectivity index (χ1v) is 12.6. The fourth-order valence-electron chi connectivity index (χ4n) is 4.62. The van der Waals surface area contributed by atoms with Crippen LogP contribution in [0.5, 0.6) is 0 Å². The summed E-state index contributed by atoms with van der Waals surface area (Å²) in [6.07, 6.45) is 3.68. The van der Waals surface area contributed by atoms with Gasteiger partial charge in [-0.25, -0.2) is 13.2 Å². The van der Waals surface area contributed by atoms with Crippen LogP contribution in [0.15, 0.2) is 55.1 Å². The van der Waals surface area contributed by atoms with Gasteiger partial charge < -0.3 is 0 Å². The number of rotatable bonds is 3. The Kier molecular flexibility index (Phi) is 8.73. The molecule has 0 saturated heterocycles. The van der Waals surface area contributed by atoms with E-state index < -0.39 is 29.2 Å². The highest BCUT2D eigenvalue weighted by atomic mass is 19.4. The maximum absolute atomic E-state index is 14.7. The van der Waals surface area contributed by atoms with E-state index in [1.165, 1.54) is 42.7 Å². The predicted octanol–water partition coefficient (Wildman–Crippen LogP) is 8.69. The van der Waals surface area contributed by atoms with Gasteiger partial charge in [-0.1, -0.05) is 41.7 Å². The molecule has 3 aromatic carbocycles. The molecule has 0 spiro atoms. The van der Waals surface area contributed by atoms with Crippen molar-refractivity contribution < 1.29 is 26.3 Å². The summed E-state index contributed by atoms with van der Waals surface area (Å²) < 4.78 is 80.6. The summed E-state index contributed by atoms with van der Waals surface area (Å²) in [7, 11) is 0. The number of hydrogen-bond acceptors (Lipinski definition) is 0. The van der Waals surface area contributed by atoms with Crippen molar-refractivity contribution in [2.45, 2.75) is 44.7 Å². The lowest BCUT2D eigenvalue weighted by Gasteiger charge is -2.25. The van der Waals surface area contributed by atoms with Gasteiger partial charge >= 0.3 is 6.18 Å². The van der Waals surface area contributed by atoms with Gasteiger partial charge in [-0.15, -0.1) is 6.58 Å². The smallest absolute Gasteiger partial charge is 0.206 e. The largest absolute Gasteiger partial charge is 0.458 e. The number of fused-ring (bicyclic) bond motifs is 1. The second-order valence-electron chi connectivity index (χ2n) is 9.53. The summed E-state index contributed by atoms with van der Waals surface area (Å²) >= 11 is 0. The van der Waals surface area contributed by atoms with E-state index in [0.29, 0.717) is 17.0 Å². The Balaban J connectivity index is 1.48. The fourth-order valence-corrected chi connectivity index (χ4v) is 4.62. The molecule has 0 atom stereocenters. The SMILES string of the molecule is C=CCCC1CCC(C#Cc2ccc(C#Cc3ccc4c(F)c(C#CC(F)(F)F)c(F)cc4c3)c(F)c2)CC1. The Bertz CT molecular complexity index is 1570. The molecule has 6 heteroatoms. The Morgan fingerprint density at radius 2 is 1.54 bits per heavy atom. The molecule has 0 aliphatic heterocycles. The van der Waals surface area contributed by atoms with Crippen LogP contribution >= 0.6 is 0 Å². The van der Waals surface area contributed by atoms with Gasteiger partial charge in [0.1, 0.15) is 17.5 Å². The maximum Gasteiger partial charge on any atom is 0.458 e. The van der Waals surface area contributed by atoms with Crippen LogP contribution < -0.4 is 0 Å². The monoisotopic (exact) mass is 534 g/mol. The molecule has 4 rings (SSSR count). The van der Waals surface area contributed by atoms with Crippen molar-refractivity contribution in [2.75, 3.05) is 0 Å². The summed E-state index contributed by atoms with van der Waals surface area (Å²) in [5, 5.41) is -0.0111. The molecular weight excluding hydrogens is 510 g/mol. The van der Waals surface area contributed by atoms with Crippen molar-refractivity contribution in [2.24, 2.45) is 11.8 Å². The van der Waals surface area contributed by atoms with Crippen molar-refractivity contribution in [3.05, 3.63) is 94.8 Å². The molecule has 0 radical (unpaired) electrons. The second kappa shape index (κ2) is 12.2. The lowest BCUT2D eigenvalue weighted by atomic mass is 9.80. The minimum absolute atomic E-state index is 0.0928. The molecule has 39 heavy (non-hydrogen) atoms. The lowest BCUT2D eigenvalue weighted by Crippen LogP contribution is -2.13. The molecule has 0 bridgehead atoms. The van der Waals surface area contributed by atoms with Crippen LogP contribution in [0, 0.1) is 64.8 Å². The van der Waals surface area contributed by atoms with Gasteiger partial charge in [0.05, 0.1) is 11.1 Å². The molecule has 0 nitrogen and oxygen atoms in total. The zero-order valence-electron chi connectivity index (χ0n) is 21.0. The fraction of sp³-hybridized carbons (Fsp3) is 0.273. The van der Waals surface area contributed by atoms with Crippen molar-refractivity contribution in [1.29, 1.82) is 0 Å². The van der Waals surface area contributed by atoms with Gasteiger partial charge in [0.2, 0.25) is 0 Å². The number of alkyl halides is 3. The van der Waals surface area contributed by atoms with Gasteiger partial charge in [0.25, 0.3) is 0 Å². The van der Waals surface area contributed by atoms with E-state index in [0.717, 1.165) is 50.0 Å². The first-order valence-electron chi connectivity index (χ1n) is 12.6. The quantitative estimate of drug-likeness (QED) is 0.179. The van der Waals surface area contributed by atoms with Gasteiger partial charge in [-0.3, -0.25) is 0 Å². The highest BCUT2D eigenvalue weighted by Crippen LogP contribution is 2.31. The summed E-state index contributed by atoms with van der Waals surface area (Å²) in [5.41, 5.74) is 0.0916. The molecule has 1 saturated carbocycles. The molecule has 1 aliphatic carbocycles. The van der Waals surface area contributed by atoms with Crippen molar-refractivity contribution >= 4 is 10.8 Å². The molecule has 0 unspecified atom stereocenters. The zero-order valence-corrected chi connectivity index (χ0v) is 21.0. The average molecular weight is 535 g/mol. The van der Waals surface area contributed by atoms with Crippen molar-refractivity contribution in [3.8, 4) is 35.5 Å². The Morgan fingerprint density at radius 3 is 2.23 bits per heavy atom. The number of halogens is 6. The van der Waals surface area contributed by atoms with E-state index in [1.807, 2.05) is 6.08 Å². The van der Waals surface area contributed by atoms with Crippen LogP contribution in [0.1, 0.15) is 60.8 Å². The third-order valence-corrected chi connectivity index (χ3v) is 6.71. The standard InChI is InChI=1S/C33H24F6/c1-2-3-4-22-5-7-23(8-6-22)9-10-25-12-15-26(30(34)20-25)14-11-24-13-16-28-27(19-24)21-31(35)29(32(28)36)17-18-33(37,38)39/h2,12-13,15-16,19-23H,1,3-8H2. The summed E-state index contributed by atoms with van der Waals surface area (Å²) in [6.45, 7) is 3.78. The van der Waals surface area contributed by atoms with Crippen LogP contribution in [-0.2, 0) is 0 Å². The molecule has 1 aliphatic rings. The molecule has 0 aromatic heterocycles. The van der Waals surface area contributed by atoms with Crippen LogP contribution in [0.25, 0.3) is 10.8 Å². The van der Waals surface area contributed by atoms with Gasteiger partial charge in [-0.2, -0.15) is 13.2 Å². The molecule has 0 N–H and O–H groups in total. The number of hydrogen-bond donors (Lipinski definition) is 0. The first kappa shape index (κ1) is 27.9. The van der Waals surface area contributed by atoms with Crippen LogP contribution in [0.4, 0.5) is 26.3 Å². The third-order valence-electron chi connectivity index (χ3n) is 6.71. The van der Waals surface area contributed by atoms with E-state index in [4.69, 9.17) is 0 Å². The Labute approximate surface area is 224 Å². The summed E-state index contributed by atoms with van der Waals surface area (Å²) in [6, 6.07) is 9.53. The summed E-state index contributed by atoms with van der Waals surface area (Å²) in [4.78, 5) is 0. The van der Waals surface area contributed by atoms with Crippen molar-refractivity contribution in [1.82, 2.24) is 0 Å². The molecule has 198 valence electrons. The lowest BCUT2D eigenvalue weighted by molar-refractivity contribution is -0.0696. The van der Waals surface area contributed by atoms with E-state index in [-0.39, 0.29) is 16.3 Å². The van der Waals surface area contributed by atoms with Gasteiger partial charge in [0, 0.05) is 28.4 Å². The van der Waals surface area contributed by atoms with Crippen LogP contribution in [0.2, 0.25) is 0 Å². The maximum atomic E-state index is 14.7. The average Bonchev–Trinajstić information content (AvgIpc) is 2.90. The van der Waals surface area contributed by atoms with E-state index in [2.05, 4.69) is 30.3 Å². The highest BCUT2D eigenvalue weighted by Gasteiger charge is 2.24. The Hall–Kier alpha value is -4.08. The minimum Gasteiger partial charge on any atom is -0.206 e. The zero-order chi connectivity index (χ0) is 28.0. The molecular formula is C33H24F6. The van der Waals surface area contributed by atoms with Gasteiger partial charge in [0.15, 0.2) is 0 Å². The first-order chi connectivity index (χ1) is 18.6. The highest BCUT2D eigenvalue weighted by molar-refractivity contribution is 5.86. The molecule has 0 heterocycles. The second-order valence-corrected chi connectivity index (χ2v) is 9.53. The van der Waals surface area contributed by atoms with Crippen LogP contribution in [0.3, 0.4) is 0 Å². The topological polar surface area (TPSA) is 0 Å². The van der Waals surface area contributed by atoms with E-state index in [9.17, 15) is 26.3 Å². The number of benzene rings is 3. The molecule has 1 fully saturated rings. The Morgan fingerprint density at radius 1 is 0.821 bits per heavy atom. The third kappa shape index (κ3) is 7.49. The van der Waals surface area contributed by atoms with Gasteiger partial charge in [-0.05, 0) is 86.2 Å². The predicted molar refractivity (Wildman–Crippen MR) is 141 cm³/mol. The minimum atomic E-state index is -4.88. The normalized spacial score (nSPS) is 16.8. The molecule has 0 amide bonds.